The number of aromatic nitrogens is 1. The third-order valence-electron chi connectivity index (χ3n) is 5.33. The van der Waals surface area contributed by atoms with Crippen molar-refractivity contribution < 1.29 is 14.4 Å². The van der Waals surface area contributed by atoms with Crippen LogP contribution in [-0.4, -0.2) is 21.2 Å². The molecule has 1 aromatic heterocycles. The predicted octanol–water partition coefficient (Wildman–Crippen LogP) is 7.14. The van der Waals surface area contributed by atoms with E-state index >= 15 is 0 Å². The van der Waals surface area contributed by atoms with E-state index < -0.39 is 4.92 Å². The Morgan fingerprint density at radius 2 is 2.06 bits per heavy atom. The zero-order valence-electron chi connectivity index (χ0n) is 17.4. The lowest BCUT2D eigenvalue weighted by atomic mass is 9.98. The van der Waals surface area contributed by atoms with Crippen LogP contribution in [-0.2, 0) is 0 Å². The van der Waals surface area contributed by atoms with E-state index in [0.717, 1.165) is 17.5 Å². The summed E-state index contributed by atoms with van der Waals surface area (Å²) in [4.78, 5) is 19.6. The molecule has 0 aliphatic heterocycles. The number of oxazole rings is 1. The summed E-state index contributed by atoms with van der Waals surface area (Å²) >= 11 is 3.13. The van der Waals surface area contributed by atoms with Crippen molar-refractivity contribution in [3.8, 4) is 17.2 Å². The standard InChI is InChI=1S/C24H20BrN3O4/c1-3-14(2)15-7-8-22-21(11-15)27-24(32-22)16-5-4-6-18(9-16)26-13-17-10-19(28(30)31)12-20(25)23(17)29/h4-14,29H,3H2,1-2H3/t14-/m1/s1. The van der Waals surface area contributed by atoms with Crippen molar-refractivity contribution in [3.63, 3.8) is 0 Å². The molecule has 0 spiro atoms. The largest absolute Gasteiger partial charge is 0.506 e. The van der Waals surface area contributed by atoms with E-state index in [1.54, 1.807) is 12.1 Å². The molecule has 0 amide bonds. The van der Waals surface area contributed by atoms with Gasteiger partial charge in [-0.25, -0.2) is 4.98 Å². The molecule has 162 valence electrons. The number of nitro groups is 1. The molecule has 1 atom stereocenters. The van der Waals surface area contributed by atoms with Gasteiger partial charge in [-0.1, -0.05) is 26.0 Å². The maximum Gasteiger partial charge on any atom is 0.271 e. The monoisotopic (exact) mass is 493 g/mol. The van der Waals surface area contributed by atoms with Crippen molar-refractivity contribution in [2.75, 3.05) is 0 Å². The summed E-state index contributed by atoms with van der Waals surface area (Å²) in [5.41, 5.74) is 4.17. The molecular formula is C24H20BrN3O4. The minimum absolute atomic E-state index is 0.119. The van der Waals surface area contributed by atoms with Crippen molar-refractivity contribution >= 4 is 44.6 Å². The highest BCUT2D eigenvalue weighted by Gasteiger charge is 2.14. The summed E-state index contributed by atoms with van der Waals surface area (Å²) in [5, 5.41) is 21.3. The SMILES string of the molecule is CC[C@@H](C)c1ccc2oc(-c3cccc(N=Cc4cc([N+](=O)[O-])cc(Br)c4O)c3)nc2c1. The normalized spacial score (nSPS) is 12.5. The lowest BCUT2D eigenvalue weighted by molar-refractivity contribution is -0.385. The van der Waals surface area contributed by atoms with Crippen LogP contribution in [0.5, 0.6) is 5.75 Å². The topological polar surface area (TPSA) is 102 Å². The summed E-state index contributed by atoms with van der Waals surface area (Å²) < 4.78 is 6.16. The fourth-order valence-corrected chi connectivity index (χ4v) is 3.75. The number of non-ortho nitro benzene ring substituents is 1. The summed E-state index contributed by atoms with van der Waals surface area (Å²) in [5.74, 6) is 0.813. The number of halogens is 1. The van der Waals surface area contributed by atoms with Crippen LogP contribution >= 0.6 is 15.9 Å². The summed E-state index contributed by atoms with van der Waals surface area (Å²) in [6, 6.07) is 15.9. The number of hydrogen-bond donors (Lipinski definition) is 1. The van der Waals surface area contributed by atoms with Crippen LogP contribution in [0.2, 0.25) is 0 Å². The number of phenols is 1. The van der Waals surface area contributed by atoms with Gasteiger partial charge in [0.15, 0.2) is 5.58 Å². The Balaban J connectivity index is 1.65. The summed E-state index contributed by atoms with van der Waals surface area (Å²) in [6.07, 6.45) is 2.43. The quantitative estimate of drug-likeness (QED) is 0.174. The first-order valence-corrected chi connectivity index (χ1v) is 10.9. The van der Waals surface area contributed by atoms with Crippen LogP contribution in [0.4, 0.5) is 11.4 Å². The number of phenolic OH excluding ortho intramolecular Hbond substituents is 1. The fourth-order valence-electron chi connectivity index (χ4n) is 3.28. The molecule has 0 aliphatic carbocycles. The third-order valence-corrected chi connectivity index (χ3v) is 5.93. The highest BCUT2D eigenvalue weighted by molar-refractivity contribution is 9.10. The molecule has 0 saturated carbocycles. The molecule has 8 heteroatoms. The van der Waals surface area contributed by atoms with E-state index in [0.29, 0.717) is 23.1 Å². The number of hydrogen-bond acceptors (Lipinski definition) is 6. The molecule has 3 aromatic carbocycles. The third kappa shape index (κ3) is 4.40. The number of benzene rings is 3. The number of rotatable bonds is 6. The maximum atomic E-state index is 11.1. The molecule has 0 unspecified atom stereocenters. The van der Waals surface area contributed by atoms with Crippen molar-refractivity contribution in [3.05, 3.63) is 80.3 Å². The second kappa shape index (κ2) is 8.92. The Morgan fingerprint density at radius 3 is 2.81 bits per heavy atom. The molecule has 1 N–H and O–H groups in total. The van der Waals surface area contributed by atoms with E-state index in [2.05, 4.69) is 51.9 Å². The summed E-state index contributed by atoms with van der Waals surface area (Å²) in [6.45, 7) is 4.34. The number of aromatic hydroxyl groups is 1. The van der Waals surface area contributed by atoms with Crippen LogP contribution in [0, 0.1) is 10.1 Å². The Labute approximate surface area is 192 Å². The molecule has 4 aromatic rings. The van der Waals surface area contributed by atoms with Gasteiger partial charge < -0.3 is 9.52 Å². The van der Waals surface area contributed by atoms with Gasteiger partial charge in [0, 0.05) is 29.5 Å². The Hall–Kier alpha value is -3.52. The van der Waals surface area contributed by atoms with E-state index in [4.69, 9.17) is 4.42 Å². The molecule has 1 heterocycles. The zero-order chi connectivity index (χ0) is 22.8. The highest BCUT2D eigenvalue weighted by atomic mass is 79.9. The van der Waals surface area contributed by atoms with Gasteiger partial charge in [0.05, 0.1) is 15.1 Å². The first-order valence-electron chi connectivity index (χ1n) is 10.1. The fraction of sp³-hybridized carbons (Fsp3) is 0.167. The predicted molar refractivity (Wildman–Crippen MR) is 128 cm³/mol. The summed E-state index contributed by atoms with van der Waals surface area (Å²) in [7, 11) is 0. The molecular weight excluding hydrogens is 474 g/mol. The van der Waals surface area contributed by atoms with E-state index in [9.17, 15) is 15.2 Å². The van der Waals surface area contributed by atoms with Gasteiger partial charge in [-0.3, -0.25) is 15.1 Å². The van der Waals surface area contributed by atoms with Gasteiger partial charge >= 0.3 is 0 Å². The molecule has 0 saturated heterocycles. The van der Waals surface area contributed by atoms with Gasteiger partial charge in [-0.15, -0.1) is 0 Å². The van der Waals surface area contributed by atoms with Crippen LogP contribution in [0.15, 0.2) is 68.5 Å². The average molecular weight is 494 g/mol. The van der Waals surface area contributed by atoms with Gasteiger partial charge in [-0.2, -0.15) is 0 Å². The van der Waals surface area contributed by atoms with Crippen LogP contribution in [0.25, 0.3) is 22.6 Å². The van der Waals surface area contributed by atoms with Gasteiger partial charge in [0.1, 0.15) is 11.3 Å². The Bertz CT molecular complexity index is 1350. The van der Waals surface area contributed by atoms with Gasteiger partial charge in [-0.05, 0) is 64.2 Å². The lowest BCUT2D eigenvalue weighted by Crippen LogP contribution is -1.91. The minimum Gasteiger partial charge on any atom is -0.506 e. The number of nitro benzene ring substituents is 1. The van der Waals surface area contributed by atoms with Crippen molar-refractivity contribution in [2.45, 2.75) is 26.2 Å². The van der Waals surface area contributed by atoms with E-state index in [1.165, 1.54) is 23.9 Å². The molecule has 0 fully saturated rings. The highest BCUT2D eigenvalue weighted by Crippen LogP contribution is 2.33. The second-order valence-corrected chi connectivity index (χ2v) is 8.34. The van der Waals surface area contributed by atoms with Gasteiger partial charge in [0.2, 0.25) is 5.89 Å². The first kappa shape index (κ1) is 21.7. The maximum absolute atomic E-state index is 11.1. The van der Waals surface area contributed by atoms with E-state index in [-0.39, 0.29) is 21.5 Å². The van der Waals surface area contributed by atoms with Crippen LogP contribution in [0.3, 0.4) is 0 Å². The first-order chi connectivity index (χ1) is 15.4. The van der Waals surface area contributed by atoms with Crippen LogP contribution < -0.4 is 0 Å². The lowest BCUT2D eigenvalue weighted by Gasteiger charge is -2.07. The van der Waals surface area contributed by atoms with Crippen molar-refractivity contribution in [2.24, 2.45) is 4.99 Å². The second-order valence-electron chi connectivity index (χ2n) is 7.49. The number of aliphatic imine (C=N–C) groups is 1. The smallest absolute Gasteiger partial charge is 0.271 e. The minimum atomic E-state index is -0.526. The molecule has 0 bridgehead atoms. The van der Waals surface area contributed by atoms with E-state index in [1.807, 2.05) is 18.2 Å². The van der Waals surface area contributed by atoms with Crippen molar-refractivity contribution in [1.82, 2.24) is 4.98 Å². The zero-order valence-corrected chi connectivity index (χ0v) is 19.0. The van der Waals surface area contributed by atoms with Gasteiger partial charge in [0.25, 0.3) is 5.69 Å². The number of fused-ring (bicyclic) bond motifs is 1. The number of nitrogens with zero attached hydrogens (tertiary/aromatic N) is 3. The molecule has 32 heavy (non-hydrogen) atoms. The van der Waals surface area contributed by atoms with Crippen molar-refractivity contribution in [1.29, 1.82) is 0 Å². The Morgan fingerprint density at radius 1 is 1.25 bits per heavy atom. The average Bonchev–Trinajstić information content (AvgIpc) is 3.23. The molecule has 7 nitrogen and oxygen atoms in total. The molecule has 0 aliphatic rings. The molecule has 0 radical (unpaired) electrons. The van der Waals surface area contributed by atoms with Crippen LogP contribution in [0.1, 0.15) is 37.3 Å². The molecule has 4 rings (SSSR count). The Kier molecular flexibility index (Phi) is 6.05.